The van der Waals surface area contributed by atoms with E-state index in [1.54, 1.807) is 0 Å². The average Bonchev–Trinajstić information content (AvgIpc) is 2.50. The predicted octanol–water partition coefficient (Wildman–Crippen LogP) is 0.640. The van der Waals surface area contributed by atoms with Crippen LogP contribution < -0.4 is 10.6 Å². The minimum absolute atomic E-state index is 0.227. The number of hydrogen-bond donors (Lipinski definition) is 2. The van der Waals surface area contributed by atoms with Crippen LogP contribution in [-0.4, -0.2) is 68.1 Å². The van der Waals surface area contributed by atoms with Gasteiger partial charge in [-0.15, -0.1) is 0 Å². The molecule has 1 aliphatic carbocycles. The van der Waals surface area contributed by atoms with Crippen LogP contribution in [0.2, 0.25) is 0 Å². The topological polar surface area (TPSA) is 64.7 Å². The van der Waals surface area contributed by atoms with Crippen LogP contribution in [0.3, 0.4) is 0 Å². The molecule has 0 atom stereocenters. The molecule has 0 unspecified atom stereocenters. The van der Waals surface area contributed by atoms with Crippen LogP contribution in [0.4, 0.5) is 4.79 Å². The van der Waals surface area contributed by atoms with E-state index >= 15 is 0 Å². The van der Waals surface area contributed by atoms with Crippen molar-refractivity contribution in [2.24, 2.45) is 5.92 Å². The number of hydrogen-bond acceptors (Lipinski definition) is 4. The molecular formula is C15H28N4O2. The highest BCUT2D eigenvalue weighted by atomic mass is 16.2. The number of imide groups is 1. The van der Waals surface area contributed by atoms with Gasteiger partial charge in [0, 0.05) is 39.8 Å². The molecule has 2 rings (SSSR count). The first-order valence-corrected chi connectivity index (χ1v) is 8.13. The van der Waals surface area contributed by atoms with E-state index in [2.05, 4.69) is 20.4 Å². The second-order valence-corrected chi connectivity index (χ2v) is 6.21. The van der Waals surface area contributed by atoms with Gasteiger partial charge in [0.05, 0.1) is 6.54 Å². The Hall–Kier alpha value is -1.14. The third-order valence-corrected chi connectivity index (χ3v) is 4.55. The quantitative estimate of drug-likeness (QED) is 0.799. The van der Waals surface area contributed by atoms with Gasteiger partial charge in [-0.2, -0.15) is 0 Å². The molecule has 3 amide bonds. The van der Waals surface area contributed by atoms with Crippen molar-refractivity contribution in [3.05, 3.63) is 0 Å². The minimum atomic E-state index is -0.434. The SMILES string of the molecule is CNC(=O)NC(=O)CN1CCN(CC2CCCCC2)CC1. The molecule has 0 radical (unpaired) electrons. The van der Waals surface area contributed by atoms with Crippen LogP contribution in [0.15, 0.2) is 0 Å². The van der Waals surface area contributed by atoms with Crippen molar-refractivity contribution in [2.75, 3.05) is 46.3 Å². The van der Waals surface area contributed by atoms with Gasteiger partial charge in [-0.3, -0.25) is 15.0 Å². The number of urea groups is 1. The van der Waals surface area contributed by atoms with Gasteiger partial charge in [0.15, 0.2) is 0 Å². The summed E-state index contributed by atoms with van der Waals surface area (Å²) in [7, 11) is 1.51. The number of nitrogens with zero attached hydrogens (tertiary/aromatic N) is 2. The maximum atomic E-state index is 11.7. The van der Waals surface area contributed by atoms with Crippen molar-refractivity contribution >= 4 is 11.9 Å². The summed E-state index contributed by atoms with van der Waals surface area (Å²) in [6.07, 6.45) is 6.96. The molecule has 0 aromatic heterocycles. The fourth-order valence-corrected chi connectivity index (χ4v) is 3.30. The molecule has 0 aromatic rings. The Morgan fingerprint density at radius 1 is 1.00 bits per heavy atom. The summed E-state index contributed by atoms with van der Waals surface area (Å²) in [5.41, 5.74) is 0. The maximum absolute atomic E-state index is 11.7. The van der Waals surface area contributed by atoms with Crippen molar-refractivity contribution in [3.63, 3.8) is 0 Å². The van der Waals surface area contributed by atoms with Gasteiger partial charge in [-0.25, -0.2) is 4.79 Å². The summed E-state index contributed by atoms with van der Waals surface area (Å²) in [5, 5.41) is 4.70. The van der Waals surface area contributed by atoms with Crippen LogP contribution in [0, 0.1) is 5.92 Å². The van der Waals surface area contributed by atoms with E-state index in [1.807, 2.05) is 0 Å². The Kier molecular flexibility index (Phi) is 6.45. The molecule has 6 heteroatoms. The zero-order valence-corrected chi connectivity index (χ0v) is 13.1. The van der Waals surface area contributed by atoms with Crippen molar-refractivity contribution < 1.29 is 9.59 Å². The second kappa shape index (κ2) is 8.34. The molecule has 120 valence electrons. The molecule has 0 aromatic carbocycles. The molecule has 2 aliphatic rings. The number of carbonyl (C=O) groups excluding carboxylic acids is 2. The first-order chi connectivity index (χ1) is 10.2. The molecule has 0 bridgehead atoms. The largest absolute Gasteiger partial charge is 0.341 e. The van der Waals surface area contributed by atoms with Gasteiger partial charge in [-0.05, 0) is 18.8 Å². The van der Waals surface area contributed by atoms with Crippen LogP contribution in [0.25, 0.3) is 0 Å². The van der Waals surface area contributed by atoms with E-state index in [9.17, 15) is 9.59 Å². The monoisotopic (exact) mass is 296 g/mol. The smallest absolute Gasteiger partial charge is 0.321 e. The molecule has 6 nitrogen and oxygen atoms in total. The molecule has 0 spiro atoms. The van der Waals surface area contributed by atoms with E-state index < -0.39 is 6.03 Å². The average molecular weight is 296 g/mol. The minimum Gasteiger partial charge on any atom is -0.341 e. The Balaban J connectivity index is 1.63. The lowest BCUT2D eigenvalue weighted by atomic mass is 9.89. The number of amides is 3. The van der Waals surface area contributed by atoms with Crippen LogP contribution >= 0.6 is 0 Å². The molecule has 1 saturated heterocycles. The summed E-state index contributed by atoms with van der Waals surface area (Å²) < 4.78 is 0. The Labute approximate surface area is 127 Å². The van der Waals surface area contributed by atoms with Gasteiger partial charge >= 0.3 is 6.03 Å². The van der Waals surface area contributed by atoms with E-state index in [1.165, 1.54) is 45.7 Å². The lowest BCUT2D eigenvalue weighted by molar-refractivity contribution is -0.121. The van der Waals surface area contributed by atoms with Gasteiger partial charge in [0.1, 0.15) is 0 Å². The highest BCUT2D eigenvalue weighted by Gasteiger charge is 2.22. The number of rotatable bonds is 4. The molecular weight excluding hydrogens is 268 g/mol. The van der Waals surface area contributed by atoms with Crippen molar-refractivity contribution in [2.45, 2.75) is 32.1 Å². The van der Waals surface area contributed by atoms with E-state index in [0.29, 0.717) is 6.54 Å². The first kappa shape index (κ1) is 16.2. The van der Waals surface area contributed by atoms with Crippen molar-refractivity contribution in [1.29, 1.82) is 0 Å². The summed E-state index contributed by atoms with van der Waals surface area (Å²) in [4.78, 5) is 27.4. The van der Waals surface area contributed by atoms with Gasteiger partial charge in [0.25, 0.3) is 0 Å². The summed E-state index contributed by atoms with van der Waals surface area (Å²) >= 11 is 0. The molecule has 1 saturated carbocycles. The Morgan fingerprint density at radius 2 is 1.62 bits per heavy atom. The Bertz CT molecular complexity index is 348. The molecule has 2 fully saturated rings. The molecule has 21 heavy (non-hydrogen) atoms. The zero-order chi connectivity index (χ0) is 15.1. The standard InChI is InChI=1S/C15H28N4O2/c1-16-15(21)17-14(20)12-19-9-7-18(8-10-19)11-13-5-3-2-4-6-13/h13H,2-12H2,1H3,(H2,16,17,20,21). The van der Waals surface area contributed by atoms with Crippen LogP contribution in [0.5, 0.6) is 0 Å². The van der Waals surface area contributed by atoms with E-state index in [0.717, 1.165) is 32.1 Å². The van der Waals surface area contributed by atoms with Gasteiger partial charge in [0.2, 0.25) is 5.91 Å². The highest BCUT2D eigenvalue weighted by molar-refractivity contribution is 5.95. The molecule has 1 aliphatic heterocycles. The van der Waals surface area contributed by atoms with E-state index in [-0.39, 0.29) is 5.91 Å². The first-order valence-electron chi connectivity index (χ1n) is 8.13. The lowest BCUT2D eigenvalue weighted by Gasteiger charge is -2.36. The normalized spacial score (nSPS) is 22.0. The van der Waals surface area contributed by atoms with Gasteiger partial charge < -0.3 is 10.2 Å². The Morgan fingerprint density at radius 3 is 2.24 bits per heavy atom. The van der Waals surface area contributed by atoms with Crippen LogP contribution in [0.1, 0.15) is 32.1 Å². The van der Waals surface area contributed by atoms with Crippen LogP contribution in [-0.2, 0) is 4.79 Å². The fraction of sp³-hybridized carbons (Fsp3) is 0.867. The maximum Gasteiger partial charge on any atom is 0.321 e. The van der Waals surface area contributed by atoms with Gasteiger partial charge in [-0.1, -0.05) is 19.3 Å². The highest BCUT2D eigenvalue weighted by Crippen LogP contribution is 2.24. The summed E-state index contributed by atoms with van der Waals surface area (Å²) in [6.45, 7) is 5.41. The van der Waals surface area contributed by atoms with Crippen molar-refractivity contribution in [3.8, 4) is 0 Å². The zero-order valence-electron chi connectivity index (χ0n) is 13.1. The third kappa shape index (κ3) is 5.63. The second-order valence-electron chi connectivity index (χ2n) is 6.21. The predicted molar refractivity (Wildman–Crippen MR) is 82.1 cm³/mol. The summed E-state index contributed by atoms with van der Waals surface area (Å²) in [5.74, 6) is 0.650. The molecule has 1 heterocycles. The number of nitrogens with one attached hydrogen (secondary N) is 2. The van der Waals surface area contributed by atoms with E-state index in [4.69, 9.17) is 0 Å². The van der Waals surface area contributed by atoms with Crippen molar-refractivity contribution in [1.82, 2.24) is 20.4 Å². The lowest BCUT2D eigenvalue weighted by Crippen LogP contribution is -2.51. The fourth-order valence-electron chi connectivity index (χ4n) is 3.30. The third-order valence-electron chi connectivity index (χ3n) is 4.55. The number of piperazine rings is 1. The molecule has 2 N–H and O–H groups in total. The number of carbonyl (C=O) groups is 2. The summed E-state index contributed by atoms with van der Waals surface area (Å²) in [6, 6.07) is -0.434.